The molecule has 0 aliphatic carbocycles. The van der Waals surface area contributed by atoms with Crippen LogP contribution in [0.15, 0.2) is 48.5 Å². The summed E-state index contributed by atoms with van der Waals surface area (Å²) >= 11 is 0. The maximum atomic E-state index is 12.2. The molecule has 144 valence electrons. The lowest BCUT2D eigenvalue weighted by atomic mass is 10.2. The van der Waals surface area contributed by atoms with Crippen LogP contribution in [0.1, 0.15) is 5.56 Å². The lowest BCUT2D eigenvalue weighted by Crippen LogP contribution is -2.49. The first-order chi connectivity index (χ1) is 13.2. The third-order valence-corrected chi connectivity index (χ3v) is 4.81. The van der Waals surface area contributed by atoms with E-state index < -0.39 is 0 Å². The zero-order chi connectivity index (χ0) is 19.1. The van der Waals surface area contributed by atoms with Gasteiger partial charge in [0.25, 0.3) is 0 Å². The summed E-state index contributed by atoms with van der Waals surface area (Å²) in [5.74, 6) is 1.76. The standard InChI is InChI=1S/C21H27N3O3/c1-26-18-9-7-17(8-10-18)15-22-21(25)16-23-11-13-24(14-12-23)19-5-3-4-6-20(19)27-2/h3-10H,11-16H2,1-2H3,(H,22,25). The predicted molar refractivity (Wildman–Crippen MR) is 106 cm³/mol. The van der Waals surface area contributed by atoms with Crippen LogP contribution in [0.3, 0.4) is 0 Å². The van der Waals surface area contributed by atoms with Crippen LogP contribution in [-0.2, 0) is 11.3 Å². The summed E-state index contributed by atoms with van der Waals surface area (Å²) in [4.78, 5) is 16.7. The van der Waals surface area contributed by atoms with Crippen molar-refractivity contribution in [1.82, 2.24) is 10.2 Å². The van der Waals surface area contributed by atoms with Crippen LogP contribution in [0.5, 0.6) is 11.5 Å². The highest BCUT2D eigenvalue weighted by molar-refractivity contribution is 5.78. The van der Waals surface area contributed by atoms with E-state index in [0.29, 0.717) is 13.1 Å². The Kier molecular flexibility index (Phi) is 6.54. The zero-order valence-corrected chi connectivity index (χ0v) is 16.0. The van der Waals surface area contributed by atoms with Crippen molar-refractivity contribution in [1.29, 1.82) is 0 Å². The van der Waals surface area contributed by atoms with Gasteiger partial charge < -0.3 is 19.7 Å². The Bertz CT molecular complexity index is 741. The van der Waals surface area contributed by atoms with E-state index in [1.807, 2.05) is 42.5 Å². The van der Waals surface area contributed by atoms with Gasteiger partial charge in [-0.1, -0.05) is 24.3 Å². The van der Waals surface area contributed by atoms with Crippen LogP contribution in [0.2, 0.25) is 0 Å². The highest BCUT2D eigenvalue weighted by atomic mass is 16.5. The first-order valence-corrected chi connectivity index (χ1v) is 9.19. The minimum Gasteiger partial charge on any atom is -0.497 e. The van der Waals surface area contributed by atoms with Crippen molar-refractivity contribution >= 4 is 11.6 Å². The predicted octanol–water partition coefficient (Wildman–Crippen LogP) is 2.14. The molecule has 0 saturated carbocycles. The lowest BCUT2D eigenvalue weighted by Gasteiger charge is -2.36. The molecule has 3 rings (SSSR count). The Morgan fingerprint density at radius 1 is 0.963 bits per heavy atom. The molecule has 1 N–H and O–H groups in total. The van der Waals surface area contributed by atoms with Crippen LogP contribution >= 0.6 is 0 Å². The van der Waals surface area contributed by atoms with Gasteiger partial charge in [-0.15, -0.1) is 0 Å². The summed E-state index contributed by atoms with van der Waals surface area (Å²) in [6.07, 6.45) is 0. The van der Waals surface area contributed by atoms with E-state index in [2.05, 4.69) is 21.2 Å². The van der Waals surface area contributed by atoms with Gasteiger partial charge in [0.2, 0.25) is 5.91 Å². The van der Waals surface area contributed by atoms with Gasteiger partial charge in [-0.3, -0.25) is 9.69 Å². The zero-order valence-electron chi connectivity index (χ0n) is 16.0. The summed E-state index contributed by atoms with van der Waals surface area (Å²) in [5, 5.41) is 2.99. The molecule has 0 bridgehead atoms. The summed E-state index contributed by atoms with van der Waals surface area (Å²) in [6, 6.07) is 15.8. The molecular formula is C21H27N3O3. The number of para-hydroxylation sites is 2. The number of carbonyl (C=O) groups is 1. The van der Waals surface area contributed by atoms with Gasteiger partial charge in [0.05, 0.1) is 26.5 Å². The number of rotatable bonds is 7. The smallest absolute Gasteiger partial charge is 0.234 e. The maximum Gasteiger partial charge on any atom is 0.234 e. The minimum atomic E-state index is 0.0524. The Labute approximate surface area is 160 Å². The van der Waals surface area contributed by atoms with Crippen molar-refractivity contribution in [2.45, 2.75) is 6.54 Å². The molecule has 0 radical (unpaired) electrons. The molecule has 27 heavy (non-hydrogen) atoms. The quantitative estimate of drug-likeness (QED) is 0.810. The molecule has 0 aromatic heterocycles. The first kappa shape index (κ1) is 19.0. The molecule has 0 atom stereocenters. The molecular weight excluding hydrogens is 342 g/mol. The fourth-order valence-corrected chi connectivity index (χ4v) is 3.24. The number of amides is 1. The minimum absolute atomic E-state index is 0.0524. The fourth-order valence-electron chi connectivity index (χ4n) is 3.24. The molecule has 2 aromatic rings. The first-order valence-electron chi connectivity index (χ1n) is 9.19. The van der Waals surface area contributed by atoms with E-state index in [1.165, 1.54) is 0 Å². The topological polar surface area (TPSA) is 54.0 Å². The second-order valence-corrected chi connectivity index (χ2v) is 6.56. The van der Waals surface area contributed by atoms with Crippen molar-refractivity contribution in [3.63, 3.8) is 0 Å². The molecule has 1 fully saturated rings. The molecule has 1 aliphatic heterocycles. The second-order valence-electron chi connectivity index (χ2n) is 6.56. The number of nitrogens with zero attached hydrogens (tertiary/aromatic N) is 2. The van der Waals surface area contributed by atoms with Gasteiger partial charge >= 0.3 is 0 Å². The Hall–Kier alpha value is -2.73. The van der Waals surface area contributed by atoms with E-state index in [9.17, 15) is 4.79 Å². The average Bonchev–Trinajstić information content (AvgIpc) is 2.73. The van der Waals surface area contributed by atoms with E-state index >= 15 is 0 Å². The molecule has 0 spiro atoms. The number of nitrogens with one attached hydrogen (secondary N) is 1. The van der Waals surface area contributed by atoms with Crippen LogP contribution < -0.4 is 19.7 Å². The number of carbonyl (C=O) groups excluding carboxylic acids is 1. The SMILES string of the molecule is COc1ccc(CNC(=O)CN2CCN(c3ccccc3OC)CC2)cc1. The molecule has 6 heteroatoms. The van der Waals surface area contributed by atoms with Crippen molar-refractivity contribution < 1.29 is 14.3 Å². The van der Waals surface area contributed by atoms with Gasteiger partial charge in [-0.05, 0) is 29.8 Å². The number of hydrogen-bond donors (Lipinski definition) is 1. The largest absolute Gasteiger partial charge is 0.497 e. The number of hydrogen-bond acceptors (Lipinski definition) is 5. The van der Waals surface area contributed by atoms with Gasteiger partial charge in [0.1, 0.15) is 11.5 Å². The highest BCUT2D eigenvalue weighted by Crippen LogP contribution is 2.28. The second kappa shape index (κ2) is 9.28. The summed E-state index contributed by atoms with van der Waals surface area (Å²) in [5.41, 5.74) is 2.17. The molecule has 1 aliphatic rings. The molecule has 6 nitrogen and oxygen atoms in total. The van der Waals surface area contributed by atoms with Crippen molar-refractivity contribution in [2.24, 2.45) is 0 Å². The molecule has 1 amide bonds. The van der Waals surface area contributed by atoms with Crippen LogP contribution in [0, 0.1) is 0 Å². The van der Waals surface area contributed by atoms with Gasteiger partial charge in [0.15, 0.2) is 0 Å². The number of anilines is 1. The molecule has 1 saturated heterocycles. The van der Waals surface area contributed by atoms with Gasteiger partial charge in [-0.2, -0.15) is 0 Å². The highest BCUT2D eigenvalue weighted by Gasteiger charge is 2.20. The molecule has 0 unspecified atom stereocenters. The Balaban J connectivity index is 1.43. The number of methoxy groups -OCH3 is 2. The fraction of sp³-hybridized carbons (Fsp3) is 0.381. The number of piperazine rings is 1. The van der Waals surface area contributed by atoms with Crippen LogP contribution in [0.4, 0.5) is 5.69 Å². The molecule has 1 heterocycles. The van der Waals surface area contributed by atoms with E-state index in [0.717, 1.165) is 48.9 Å². The van der Waals surface area contributed by atoms with Crippen LogP contribution in [0.25, 0.3) is 0 Å². The monoisotopic (exact) mass is 369 g/mol. The van der Waals surface area contributed by atoms with Crippen molar-refractivity contribution in [2.75, 3.05) is 51.8 Å². The number of benzene rings is 2. The third kappa shape index (κ3) is 5.14. The van der Waals surface area contributed by atoms with E-state index in [4.69, 9.17) is 9.47 Å². The average molecular weight is 369 g/mol. The number of ether oxygens (including phenoxy) is 2. The Morgan fingerprint density at radius 2 is 1.67 bits per heavy atom. The summed E-state index contributed by atoms with van der Waals surface area (Å²) in [7, 11) is 3.34. The summed E-state index contributed by atoms with van der Waals surface area (Å²) < 4.78 is 10.6. The lowest BCUT2D eigenvalue weighted by molar-refractivity contribution is -0.122. The Morgan fingerprint density at radius 3 is 2.33 bits per heavy atom. The summed E-state index contributed by atoms with van der Waals surface area (Å²) in [6.45, 7) is 4.43. The molecule has 2 aromatic carbocycles. The van der Waals surface area contributed by atoms with Gasteiger partial charge in [-0.25, -0.2) is 0 Å². The normalized spacial score (nSPS) is 14.7. The van der Waals surface area contributed by atoms with Crippen molar-refractivity contribution in [3.8, 4) is 11.5 Å². The van der Waals surface area contributed by atoms with Gasteiger partial charge in [0, 0.05) is 32.7 Å². The third-order valence-electron chi connectivity index (χ3n) is 4.81. The maximum absolute atomic E-state index is 12.2. The van der Waals surface area contributed by atoms with Crippen molar-refractivity contribution in [3.05, 3.63) is 54.1 Å². The van der Waals surface area contributed by atoms with E-state index in [-0.39, 0.29) is 5.91 Å². The van der Waals surface area contributed by atoms with E-state index in [1.54, 1.807) is 14.2 Å². The van der Waals surface area contributed by atoms with Crippen LogP contribution in [-0.4, -0.2) is 57.8 Å².